The molecule has 134 valence electrons. The third-order valence-electron chi connectivity index (χ3n) is 3.76. The van der Waals surface area contributed by atoms with Crippen molar-refractivity contribution in [1.82, 2.24) is 10.6 Å². The van der Waals surface area contributed by atoms with E-state index in [9.17, 15) is 13.2 Å². The summed E-state index contributed by atoms with van der Waals surface area (Å²) in [6, 6.07) is 14.9. The average Bonchev–Trinajstić information content (AvgIpc) is 2.65. The molecule has 0 aromatic heterocycles. The van der Waals surface area contributed by atoms with Crippen LogP contribution < -0.4 is 14.9 Å². The lowest BCUT2D eigenvalue weighted by Gasteiger charge is -2.19. The predicted molar refractivity (Wildman–Crippen MR) is 99.3 cm³/mol. The Morgan fingerprint density at radius 3 is 2.44 bits per heavy atom. The molecule has 0 spiro atoms. The minimum absolute atomic E-state index is 0.0849. The second-order valence-corrected chi connectivity index (χ2v) is 7.52. The van der Waals surface area contributed by atoms with Gasteiger partial charge in [-0.25, -0.2) is 8.42 Å². The Morgan fingerprint density at radius 2 is 1.76 bits per heavy atom. The van der Waals surface area contributed by atoms with Gasteiger partial charge in [-0.05, 0) is 50.3 Å². The molecular weight excluding hydrogens is 338 g/mol. The Balaban J connectivity index is 2.18. The Hall–Kier alpha value is -2.38. The summed E-state index contributed by atoms with van der Waals surface area (Å²) in [5.41, 5.74) is 0.886. The van der Waals surface area contributed by atoms with E-state index in [1.54, 1.807) is 36.4 Å². The number of sulfonamides is 1. The lowest BCUT2D eigenvalue weighted by Crippen LogP contribution is -2.28. The molecule has 2 N–H and O–H groups in total. The predicted octanol–water partition coefficient (Wildman–Crippen LogP) is 1.85. The highest BCUT2D eigenvalue weighted by molar-refractivity contribution is 7.92. The van der Waals surface area contributed by atoms with Crippen LogP contribution in [0.2, 0.25) is 0 Å². The number of benzene rings is 2. The smallest absolute Gasteiger partial charge is 0.264 e. The average molecular weight is 361 g/mol. The van der Waals surface area contributed by atoms with Crippen molar-refractivity contribution < 1.29 is 13.2 Å². The van der Waals surface area contributed by atoms with Gasteiger partial charge in [-0.1, -0.05) is 24.3 Å². The van der Waals surface area contributed by atoms with Gasteiger partial charge in [0.1, 0.15) is 0 Å². The molecule has 1 amide bonds. The van der Waals surface area contributed by atoms with Gasteiger partial charge in [-0.3, -0.25) is 9.10 Å². The van der Waals surface area contributed by atoms with Crippen LogP contribution in [0, 0.1) is 0 Å². The highest BCUT2D eigenvalue weighted by atomic mass is 32.2. The topological polar surface area (TPSA) is 78.5 Å². The number of rotatable bonds is 8. The molecule has 0 bridgehead atoms. The zero-order valence-corrected chi connectivity index (χ0v) is 15.2. The number of nitrogens with one attached hydrogen (secondary N) is 2. The number of carbonyl (C=O) groups is 1. The lowest BCUT2D eigenvalue weighted by atomic mass is 10.2. The Bertz CT molecular complexity index is 807. The molecule has 0 saturated heterocycles. The van der Waals surface area contributed by atoms with Crippen molar-refractivity contribution in [3.8, 4) is 0 Å². The first-order valence-corrected chi connectivity index (χ1v) is 9.47. The molecule has 25 heavy (non-hydrogen) atoms. The van der Waals surface area contributed by atoms with Crippen molar-refractivity contribution in [3.05, 3.63) is 60.2 Å². The van der Waals surface area contributed by atoms with Crippen LogP contribution in [-0.2, 0) is 10.0 Å². The van der Waals surface area contributed by atoms with E-state index in [2.05, 4.69) is 10.6 Å². The molecule has 0 aliphatic rings. The van der Waals surface area contributed by atoms with Gasteiger partial charge < -0.3 is 10.6 Å². The molecule has 0 unspecified atom stereocenters. The summed E-state index contributed by atoms with van der Waals surface area (Å²) >= 11 is 0. The SMILES string of the molecule is CNCCCNC(=O)c1cccc(S(=O)(=O)N(C)c2ccccc2)c1. The van der Waals surface area contributed by atoms with Crippen molar-refractivity contribution in [1.29, 1.82) is 0 Å². The first kappa shape index (κ1) is 19.0. The molecule has 2 aromatic rings. The fraction of sp³-hybridized carbons (Fsp3) is 0.278. The van der Waals surface area contributed by atoms with E-state index in [4.69, 9.17) is 0 Å². The molecule has 0 saturated carbocycles. The monoisotopic (exact) mass is 361 g/mol. The third kappa shape index (κ3) is 4.80. The highest BCUT2D eigenvalue weighted by Gasteiger charge is 2.22. The molecule has 2 aromatic carbocycles. The van der Waals surface area contributed by atoms with Crippen LogP contribution in [0.3, 0.4) is 0 Å². The number of nitrogens with zero attached hydrogens (tertiary/aromatic N) is 1. The standard InChI is InChI=1S/C18H23N3O3S/c1-19-12-7-13-20-18(22)15-8-6-11-17(14-15)25(23,24)21(2)16-9-4-3-5-10-16/h3-6,8-11,14,19H,7,12-13H2,1-2H3,(H,20,22). The van der Waals surface area contributed by atoms with E-state index in [0.717, 1.165) is 13.0 Å². The number of para-hydroxylation sites is 1. The molecule has 6 nitrogen and oxygen atoms in total. The summed E-state index contributed by atoms with van der Waals surface area (Å²) in [7, 11) is -0.392. The third-order valence-corrected chi connectivity index (χ3v) is 5.55. The van der Waals surface area contributed by atoms with Crippen LogP contribution in [0.1, 0.15) is 16.8 Å². The maximum atomic E-state index is 12.8. The van der Waals surface area contributed by atoms with E-state index in [0.29, 0.717) is 17.8 Å². The van der Waals surface area contributed by atoms with Gasteiger partial charge >= 0.3 is 0 Å². The van der Waals surface area contributed by atoms with Crippen molar-refractivity contribution in [2.75, 3.05) is 31.5 Å². The minimum Gasteiger partial charge on any atom is -0.352 e. The van der Waals surface area contributed by atoms with Gasteiger partial charge in [0.25, 0.3) is 15.9 Å². The fourth-order valence-electron chi connectivity index (χ4n) is 2.30. The Morgan fingerprint density at radius 1 is 1.04 bits per heavy atom. The van der Waals surface area contributed by atoms with Crippen LogP contribution in [0.15, 0.2) is 59.5 Å². The molecule has 7 heteroatoms. The molecule has 0 radical (unpaired) electrons. The second-order valence-electron chi connectivity index (χ2n) is 5.55. The van der Waals surface area contributed by atoms with Gasteiger partial charge in [0.15, 0.2) is 0 Å². The van der Waals surface area contributed by atoms with Crippen molar-refractivity contribution >= 4 is 21.6 Å². The van der Waals surface area contributed by atoms with Crippen molar-refractivity contribution in [2.24, 2.45) is 0 Å². The van der Waals surface area contributed by atoms with Crippen LogP contribution in [0.4, 0.5) is 5.69 Å². The number of amides is 1. The minimum atomic E-state index is -3.73. The van der Waals surface area contributed by atoms with Gasteiger partial charge in [0, 0.05) is 19.2 Å². The summed E-state index contributed by atoms with van der Waals surface area (Å²) in [5.74, 6) is -0.282. The van der Waals surface area contributed by atoms with E-state index in [-0.39, 0.29) is 10.8 Å². The number of hydrogen-bond acceptors (Lipinski definition) is 4. The summed E-state index contributed by atoms with van der Waals surface area (Å²) < 4.78 is 26.8. The summed E-state index contributed by atoms with van der Waals surface area (Å²) in [5, 5.41) is 5.79. The number of carbonyl (C=O) groups excluding carboxylic acids is 1. The normalized spacial score (nSPS) is 11.1. The molecular formula is C18H23N3O3S. The number of anilines is 1. The maximum Gasteiger partial charge on any atom is 0.264 e. The van der Waals surface area contributed by atoms with Crippen LogP contribution >= 0.6 is 0 Å². The van der Waals surface area contributed by atoms with E-state index in [1.165, 1.54) is 23.5 Å². The quantitative estimate of drug-likeness (QED) is 0.704. The molecule has 2 rings (SSSR count). The summed E-state index contributed by atoms with van der Waals surface area (Å²) in [4.78, 5) is 12.3. The largest absolute Gasteiger partial charge is 0.352 e. The Kier molecular flexibility index (Phi) is 6.55. The first-order valence-electron chi connectivity index (χ1n) is 8.03. The fourth-order valence-corrected chi connectivity index (χ4v) is 3.54. The maximum absolute atomic E-state index is 12.8. The van der Waals surface area contributed by atoms with Crippen LogP contribution in [0.25, 0.3) is 0 Å². The van der Waals surface area contributed by atoms with Gasteiger partial charge in [-0.15, -0.1) is 0 Å². The van der Waals surface area contributed by atoms with Crippen LogP contribution in [-0.4, -0.2) is 41.5 Å². The second kappa shape index (κ2) is 8.64. The molecule has 0 atom stereocenters. The van der Waals surface area contributed by atoms with Gasteiger partial charge in [0.2, 0.25) is 0 Å². The number of hydrogen-bond donors (Lipinski definition) is 2. The van der Waals surface area contributed by atoms with Gasteiger partial charge in [0.05, 0.1) is 10.6 Å². The Labute approximate surface area is 148 Å². The summed E-state index contributed by atoms with van der Waals surface area (Å²) in [6.07, 6.45) is 0.803. The molecule has 0 aliphatic carbocycles. The first-order chi connectivity index (χ1) is 12.0. The highest BCUT2D eigenvalue weighted by Crippen LogP contribution is 2.22. The van der Waals surface area contributed by atoms with E-state index >= 15 is 0 Å². The summed E-state index contributed by atoms with van der Waals surface area (Å²) in [6.45, 7) is 1.33. The zero-order chi connectivity index (χ0) is 18.3. The zero-order valence-electron chi connectivity index (χ0n) is 14.4. The van der Waals surface area contributed by atoms with E-state index in [1.807, 2.05) is 13.1 Å². The lowest BCUT2D eigenvalue weighted by molar-refractivity contribution is 0.0953. The molecule has 0 heterocycles. The molecule has 0 aliphatic heterocycles. The van der Waals surface area contributed by atoms with Crippen molar-refractivity contribution in [2.45, 2.75) is 11.3 Å². The molecule has 0 fully saturated rings. The van der Waals surface area contributed by atoms with Crippen molar-refractivity contribution in [3.63, 3.8) is 0 Å². The van der Waals surface area contributed by atoms with E-state index < -0.39 is 10.0 Å². The van der Waals surface area contributed by atoms with Crippen LogP contribution in [0.5, 0.6) is 0 Å². The van der Waals surface area contributed by atoms with Gasteiger partial charge in [-0.2, -0.15) is 0 Å².